The number of benzene rings is 1. The van der Waals surface area contributed by atoms with Crippen LogP contribution in [0.1, 0.15) is 30.1 Å². The van der Waals surface area contributed by atoms with Crippen molar-refractivity contribution in [1.29, 1.82) is 0 Å². The van der Waals surface area contributed by atoms with Gasteiger partial charge in [-0.3, -0.25) is 9.59 Å². The van der Waals surface area contributed by atoms with E-state index in [1.165, 1.54) is 14.0 Å². The van der Waals surface area contributed by atoms with Crippen LogP contribution in [0.5, 0.6) is 0 Å². The smallest absolute Gasteiger partial charge is 0.407 e. The number of anilines is 1. The monoisotopic (exact) mass is 319 g/mol. The van der Waals surface area contributed by atoms with E-state index >= 15 is 0 Å². The molecule has 2 rings (SSSR count). The van der Waals surface area contributed by atoms with E-state index < -0.39 is 6.09 Å². The number of nitrogens with one attached hydrogen (secondary N) is 2. The van der Waals surface area contributed by atoms with Gasteiger partial charge in [0.25, 0.3) is 5.91 Å². The average Bonchev–Trinajstić information content (AvgIpc) is 2.55. The number of amides is 3. The fraction of sp³-hybridized carbons (Fsp3) is 0.438. The largest absolute Gasteiger partial charge is 0.453 e. The highest BCUT2D eigenvalue weighted by molar-refractivity contribution is 5.95. The second-order valence-electron chi connectivity index (χ2n) is 5.46. The topological polar surface area (TPSA) is 87.7 Å². The predicted molar refractivity (Wildman–Crippen MR) is 85.2 cm³/mol. The molecule has 0 unspecified atom stereocenters. The first-order valence-corrected chi connectivity index (χ1v) is 7.51. The summed E-state index contributed by atoms with van der Waals surface area (Å²) in [4.78, 5) is 36.4. The van der Waals surface area contributed by atoms with Gasteiger partial charge in [-0.1, -0.05) is 0 Å². The number of rotatable bonds is 3. The van der Waals surface area contributed by atoms with Crippen LogP contribution in [0.2, 0.25) is 0 Å². The molecule has 1 aliphatic rings. The molecule has 0 saturated carbocycles. The van der Waals surface area contributed by atoms with Crippen molar-refractivity contribution in [1.82, 2.24) is 10.2 Å². The van der Waals surface area contributed by atoms with Gasteiger partial charge in [0.15, 0.2) is 0 Å². The van der Waals surface area contributed by atoms with Crippen molar-refractivity contribution in [3.63, 3.8) is 0 Å². The molecule has 1 aromatic carbocycles. The number of hydrogen-bond donors (Lipinski definition) is 2. The van der Waals surface area contributed by atoms with E-state index in [0.29, 0.717) is 37.2 Å². The van der Waals surface area contributed by atoms with Crippen LogP contribution in [0, 0.1) is 0 Å². The van der Waals surface area contributed by atoms with E-state index in [1.54, 1.807) is 29.2 Å². The minimum atomic E-state index is -0.441. The molecule has 2 N–H and O–H groups in total. The highest BCUT2D eigenvalue weighted by Crippen LogP contribution is 2.16. The summed E-state index contributed by atoms with van der Waals surface area (Å²) in [5.74, 6) is -0.194. The second-order valence-corrected chi connectivity index (χ2v) is 5.46. The Morgan fingerprint density at radius 1 is 1.13 bits per heavy atom. The first-order chi connectivity index (χ1) is 11.0. The number of methoxy groups -OCH3 is 1. The van der Waals surface area contributed by atoms with E-state index in [-0.39, 0.29) is 17.9 Å². The Balaban J connectivity index is 1.89. The summed E-state index contributed by atoms with van der Waals surface area (Å²) >= 11 is 0. The summed E-state index contributed by atoms with van der Waals surface area (Å²) < 4.78 is 4.57. The van der Waals surface area contributed by atoms with Crippen molar-refractivity contribution in [2.75, 3.05) is 25.5 Å². The lowest BCUT2D eigenvalue weighted by Crippen LogP contribution is -2.46. The normalized spacial score (nSPS) is 15.0. The summed E-state index contributed by atoms with van der Waals surface area (Å²) in [6, 6.07) is 6.85. The molecule has 3 amide bonds. The van der Waals surface area contributed by atoms with Gasteiger partial charge in [-0.05, 0) is 37.1 Å². The van der Waals surface area contributed by atoms with E-state index in [2.05, 4.69) is 15.4 Å². The average molecular weight is 319 g/mol. The molecule has 23 heavy (non-hydrogen) atoms. The Kier molecular flexibility index (Phi) is 5.56. The minimum Gasteiger partial charge on any atom is -0.453 e. The molecule has 0 aliphatic carbocycles. The zero-order chi connectivity index (χ0) is 16.8. The van der Waals surface area contributed by atoms with E-state index in [0.717, 1.165) is 0 Å². The fourth-order valence-corrected chi connectivity index (χ4v) is 2.53. The van der Waals surface area contributed by atoms with Gasteiger partial charge < -0.3 is 20.3 Å². The van der Waals surface area contributed by atoms with Crippen molar-refractivity contribution in [3.8, 4) is 0 Å². The van der Waals surface area contributed by atoms with Crippen LogP contribution in [-0.4, -0.2) is 49.0 Å². The van der Waals surface area contributed by atoms with E-state index in [1.807, 2.05) is 0 Å². The number of likely N-dealkylation sites (tertiary alicyclic amines) is 1. The van der Waals surface area contributed by atoms with Crippen LogP contribution < -0.4 is 10.6 Å². The Morgan fingerprint density at radius 3 is 2.26 bits per heavy atom. The van der Waals surface area contributed by atoms with Crippen LogP contribution in [-0.2, 0) is 9.53 Å². The quantitative estimate of drug-likeness (QED) is 0.886. The van der Waals surface area contributed by atoms with Gasteiger partial charge in [0.05, 0.1) is 7.11 Å². The maximum absolute atomic E-state index is 12.4. The van der Waals surface area contributed by atoms with Gasteiger partial charge >= 0.3 is 6.09 Å². The summed E-state index contributed by atoms with van der Waals surface area (Å²) in [5, 5.41) is 5.42. The number of nitrogens with zero attached hydrogens (tertiary/aromatic N) is 1. The van der Waals surface area contributed by atoms with Gasteiger partial charge in [0, 0.05) is 37.3 Å². The SMILES string of the molecule is COC(=O)NC1CCN(C(=O)c2ccc(NC(C)=O)cc2)CC1. The molecule has 0 aromatic heterocycles. The van der Waals surface area contributed by atoms with Crippen LogP contribution in [0.4, 0.5) is 10.5 Å². The molecule has 7 nitrogen and oxygen atoms in total. The van der Waals surface area contributed by atoms with Gasteiger partial charge in [0.1, 0.15) is 0 Å². The molecule has 1 aliphatic heterocycles. The third kappa shape index (κ3) is 4.70. The van der Waals surface area contributed by atoms with Gasteiger partial charge in [-0.2, -0.15) is 0 Å². The summed E-state index contributed by atoms with van der Waals surface area (Å²) in [7, 11) is 1.33. The molecule has 0 bridgehead atoms. The summed E-state index contributed by atoms with van der Waals surface area (Å²) in [6.45, 7) is 2.60. The molecule has 1 heterocycles. The maximum Gasteiger partial charge on any atom is 0.407 e. The molecular weight excluding hydrogens is 298 g/mol. The van der Waals surface area contributed by atoms with Crippen molar-refractivity contribution < 1.29 is 19.1 Å². The second kappa shape index (κ2) is 7.62. The summed E-state index contributed by atoms with van der Waals surface area (Å²) in [5.41, 5.74) is 1.24. The number of alkyl carbamates (subject to hydrolysis) is 1. The van der Waals surface area contributed by atoms with Gasteiger partial charge in [0.2, 0.25) is 5.91 Å². The van der Waals surface area contributed by atoms with Crippen LogP contribution >= 0.6 is 0 Å². The fourth-order valence-electron chi connectivity index (χ4n) is 2.53. The Morgan fingerprint density at radius 2 is 1.74 bits per heavy atom. The predicted octanol–water partition coefficient (Wildman–Crippen LogP) is 1.61. The molecule has 7 heteroatoms. The van der Waals surface area contributed by atoms with Crippen LogP contribution in [0.25, 0.3) is 0 Å². The number of hydrogen-bond acceptors (Lipinski definition) is 4. The van der Waals surface area contributed by atoms with Crippen molar-refractivity contribution in [2.45, 2.75) is 25.8 Å². The summed E-state index contributed by atoms with van der Waals surface area (Å²) in [6.07, 6.45) is 0.957. The first kappa shape index (κ1) is 16.8. The standard InChI is InChI=1S/C16H21N3O4/c1-11(20)17-13-5-3-12(4-6-13)15(21)19-9-7-14(8-10-19)18-16(22)23-2/h3-6,14H,7-10H2,1-2H3,(H,17,20)(H,18,22). The zero-order valence-electron chi connectivity index (χ0n) is 13.3. The molecule has 1 saturated heterocycles. The Hall–Kier alpha value is -2.57. The zero-order valence-corrected chi connectivity index (χ0v) is 13.3. The lowest BCUT2D eigenvalue weighted by molar-refractivity contribution is -0.114. The number of ether oxygens (including phenoxy) is 1. The molecule has 0 spiro atoms. The highest BCUT2D eigenvalue weighted by atomic mass is 16.5. The lowest BCUT2D eigenvalue weighted by Gasteiger charge is -2.32. The highest BCUT2D eigenvalue weighted by Gasteiger charge is 2.24. The number of piperidine rings is 1. The lowest BCUT2D eigenvalue weighted by atomic mass is 10.0. The minimum absolute atomic E-state index is 0.0358. The van der Waals surface area contributed by atoms with Crippen molar-refractivity contribution >= 4 is 23.6 Å². The van der Waals surface area contributed by atoms with E-state index in [4.69, 9.17) is 0 Å². The molecule has 124 valence electrons. The van der Waals surface area contributed by atoms with Crippen LogP contribution in [0.3, 0.4) is 0 Å². The Bertz CT molecular complexity index is 577. The van der Waals surface area contributed by atoms with Crippen molar-refractivity contribution in [3.05, 3.63) is 29.8 Å². The van der Waals surface area contributed by atoms with Crippen LogP contribution in [0.15, 0.2) is 24.3 Å². The van der Waals surface area contributed by atoms with E-state index in [9.17, 15) is 14.4 Å². The molecule has 0 atom stereocenters. The third-order valence-electron chi connectivity index (χ3n) is 3.74. The third-order valence-corrected chi connectivity index (χ3v) is 3.74. The number of carbonyl (C=O) groups excluding carboxylic acids is 3. The molecule has 0 radical (unpaired) electrons. The Labute approximate surface area is 135 Å². The van der Waals surface area contributed by atoms with Gasteiger partial charge in [-0.25, -0.2) is 4.79 Å². The molecule has 1 fully saturated rings. The molecule has 1 aromatic rings. The first-order valence-electron chi connectivity index (χ1n) is 7.51. The maximum atomic E-state index is 12.4. The number of carbonyl (C=O) groups is 3. The van der Waals surface area contributed by atoms with Crippen molar-refractivity contribution in [2.24, 2.45) is 0 Å². The van der Waals surface area contributed by atoms with Gasteiger partial charge in [-0.15, -0.1) is 0 Å². The molecular formula is C16H21N3O4.